The highest BCUT2D eigenvalue weighted by Crippen LogP contribution is 2.38. The number of nitrogens with zero attached hydrogens (tertiary/aromatic N) is 3. The first-order chi connectivity index (χ1) is 14.9. The number of carbonyl (C=O) groups is 2. The number of thioether (sulfide) groups is 1. The molecule has 5 rings (SSSR count). The average Bonchev–Trinajstić information content (AvgIpc) is 3.50. The predicted octanol–water partition coefficient (Wildman–Crippen LogP) is 4.00. The highest BCUT2D eigenvalue weighted by molar-refractivity contribution is 8.00. The lowest BCUT2D eigenvalue weighted by Gasteiger charge is -2.17. The zero-order valence-corrected chi connectivity index (χ0v) is 18.3. The van der Waals surface area contributed by atoms with Crippen molar-refractivity contribution in [2.24, 2.45) is 0 Å². The Morgan fingerprint density at radius 1 is 1.16 bits per heavy atom. The van der Waals surface area contributed by atoms with Gasteiger partial charge in [-0.3, -0.25) is 19.0 Å². The summed E-state index contributed by atoms with van der Waals surface area (Å²) in [5, 5.41) is 0.837. The van der Waals surface area contributed by atoms with E-state index in [9.17, 15) is 14.4 Å². The summed E-state index contributed by atoms with van der Waals surface area (Å²) in [6, 6.07) is 13.1. The molecule has 1 unspecified atom stereocenters. The van der Waals surface area contributed by atoms with E-state index in [2.05, 4.69) is 0 Å². The van der Waals surface area contributed by atoms with Crippen LogP contribution >= 0.6 is 11.8 Å². The number of anilines is 1. The molecular weight excluding hydrogens is 410 g/mol. The van der Waals surface area contributed by atoms with Crippen LogP contribution in [0.2, 0.25) is 0 Å². The SMILES string of the molecule is CC(=O)N1CCc2cc(C(=O)C(C)Sc3nc4ccccc4c(=O)n3C3CC3)ccc21. The molecule has 31 heavy (non-hydrogen) atoms. The van der Waals surface area contributed by atoms with Crippen LogP contribution in [0.15, 0.2) is 52.4 Å². The van der Waals surface area contributed by atoms with Crippen LogP contribution in [-0.4, -0.2) is 33.0 Å². The number of rotatable bonds is 5. The zero-order chi connectivity index (χ0) is 21.7. The van der Waals surface area contributed by atoms with Gasteiger partial charge >= 0.3 is 0 Å². The highest BCUT2D eigenvalue weighted by atomic mass is 32.2. The van der Waals surface area contributed by atoms with E-state index in [4.69, 9.17) is 4.98 Å². The molecule has 7 heteroatoms. The molecule has 1 saturated carbocycles. The van der Waals surface area contributed by atoms with Gasteiger partial charge in [0.05, 0.1) is 16.2 Å². The Hall–Kier alpha value is -2.93. The second-order valence-corrected chi connectivity index (χ2v) is 9.51. The summed E-state index contributed by atoms with van der Waals surface area (Å²) in [7, 11) is 0. The van der Waals surface area contributed by atoms with Gasteiger partial charge in [-0.1, -0.05) is 23.9 Å². The normalized spacial score (nSPS) is 16.4. The van der Waals surface area contributed by atoms with E-state index in [1.165, 1.54) is 11.8 Å². The Morgan fingerprint density at radius 2 is 1.94 bits per heavy atom. The van der Waals surface area contributed by atoms with Gasteiger partial charge in [0.1, 0.15) is 0 Å². The third kappa shape index (κ3) is 3.57. The predicted molar refractivity (Wildman–Crippen MR) is 122 cm³/mol. The lowest BCUT2D eigenvalue weighted by atomic mass is 10.0. The van der Waals surface area contributed by atoms with Gasteiger partial charge in [0.15, 0.2) is 10.9 Å². The number of amides is 1. The molecule has 6 nitrogen and oxygen atoms in total. The second kappa shape index (κ2) is 7.64. The molecule has 0 N–H and O–H groups in total. The molecule has 0 bridgehead atoms. The molecule has 0 saturated heterocycles. The molecule has 2 heterocycles. The van der Waals surface area contributed by atoms with Crippen LogP contribution in [0.25, 0.3) is 10.9 Å². The van der Waals surface area contributed by atoms with Crippen molar-refractivity contribution >= 4 is 40.0 Å². The van der Waals surface area contributed by atoms with Crippen molar-refractivity contribution < 1.29 is 9.59 Å². The maximum Gasteiger partial charge on any atom is 0.262 e. The molecule has 3 aromatic rings. The fraction of sp³-hybridized carbons (Fsp3) is 0.333. The minimum absolute atomic E-state index is 0.00108. The van der Waals surface area contributed by atoms with Gasteiger partial charge in [0, 0.05) is 30.8 Å². The van der Waals surface area contributed by atoms with E-state index in [1.54, 1.807) is 28.5 Å². The molecule has 1 aromatic heterocycles. The average molecular weight is 434 g/mol. The van der Waals surface area contributed by atoms with Gasteiger partial charge in [-0.2, -0.15) is 0 Å². The molecule has 2 aromatic carbocycles. The summed E-state index contributed by atoms with van der Waals surface area (Å²) in [5.41, 5.74) is 3.18. The van der Waals surface area contributed by atoms with E-state index in [1.807, 2.05) is 37.3 Å². The van der Waals surface area contributed by atoms with Crippen molar-refractivity contribution in [3.05, 3.63) is 63.9 Å². The van der Waals surface area contributed by atoms with Gasteiger partial charge in [-0.05, 0) is 62.1 Å². The third-order valence-corrected chi connectivity index (χ3v) is 7.04. The molecule has 1 atom stereocenters. The van der Waals surface area contributed by atoms with Crippen LogP contribution in [0.4, 0.5) is 5.69 Å². The smallest absolute Gasteiger partial charge is 0.262 e. The fourth-order valence-electron chi connectivity index (χ4n) is 4.19. The maximum absolute atomic E-state index is 13.2. The van der Waals surface area contributed by atoms with E-state index < -0.39 is 0 Å². The van der Waals surface area contributed by atoms with Crippen molar-refractivity contribution in [1.82, 2.24) is 9.55 Å². The van der Waals surface area contributed by atoms with E-state index in [0.717, 1.165) is 30.5 Å². The van der Waals surface area contributed by atoms with Crippen molar-refractivity contribution in [3.63, 3.8) is 0 Å². The van der Waals surface area contributed by atoms with Gasteiger partial charge in [0.2, 0.25) is 5.91 Å². The van der Waals surface area contributed by atoms with Crippen LogP contribution in [0, 0.1) is 0 Å². The highest BCUT2D eigenvalue weighted by Gasteiger charge is 2.30. The summed E-state index contributed by atoms with van der Waals surface area (Å²) in [4.78, 5) is 44.5. The molecule has 158 valence electrons. The Kier molecular flexibility index (Phi) is 4.93. The number of fused-ring (bicyclic) bond motifs is 2. The quantitative estimate of drug-likeness (QED) is 0.345. The first-order valence-corrected chi connectivity index (χ1v) is 11.4. The largest absolute Gasteiger partial charge is 0.312 e. The van der Waals surface area contributed by atoms with E-state index >= 15 is 0 Å². The van der Waals surface area contributed by atoms with Gasteiger partial charge in [0.25, 0.3) is 5.56 Å². The van der Waals surface area contributed by atoms with Gasteiger partial charge in [-0.25, -0.2) is 4.98 Å². The second-order valence-electron chi connectivity index (χ2n) is 8.21. The first-order valence-electron chi connectivity index (χ1n) is 10.6. The van der Waals surface area contributed by atoms with Crippen LogP contribution in [0.5, 0.6) is 0 Å². The number of carbonyl (C=O) groups excluding carboxylic acids is 2. The Morgan fingerprint density at radius 3 is 2.68 bits per heavy atom. The standard InChI is InChI=1S/C24H23N3O3S/c1-14(22(29)17-7-10-21-16(13-17)11-12-26(21)15(2)28)31-24-25-20-6-4-3-5-19(20)23(30)27(24)18-8-9-18/h3-7,10,13-14,18H,8-9,11-12H2,1-2H3. The van der Waals surface area contributed by atoms with Crippen LogP contribution < -0.4 is 10.5 Å². The number of hydrogen-bond donors (Lipinski definition) is 0. The minimum Gasteiger partial charge on any atom is -0.312 e. The summed E-state index contributed by atoms with van der Waals surface area (Å²) >= 11 is 1.35. The molecular formula is C24H23N3O3S. The van der Waals surface area contributed by atoms with Gasteiger partial charge < -0.3 is 4.90 Å². The summed E-state index contributed by atoms with van der Waals surface area (Å²) in [6.45, 7) is 4.07. The molecule has 0 spiro atoms. The number of aromatic nitrogens is 2. The Labute approximate surface area is 184 Å². The third-order valence-electron chi connectivity index (χ3n) is 5.98. The lowest BCUT2D eigenvalue weighted by molar-refractivity contribution is -0.116. The molecule has 2 aliphatic rings. The van der Waals surface area contributed by atoms with Crippen LogP contribution in [-0.2, 0) is 11.2 Å². The zero-order valence-electron chi connectivity index (χ0n) is 17.5. The van der Waals surface area contributed by atoms with Gasteiger partial charge in [-0.15, -0.1) is 0 Å². The molecule has 1 aliphatic carbocycles. The number of hydrogen-bond acceptors (Lipinski definition) is 5. The van der Waals surface area contributed by atoms with Crippen molar-refractivity contribution in [1.29, 1.82) is 0 Å². The Bertz CT molecular complexity index is 1280. The molecule has 1 amide bonds. The summed E-state index contributed by atoms with van der Waals surface area (Å²) in [6.07, 6.45) is 2.69. The number of para-hydroxylation sites is 1. The molecule has 1 fully saturated rings. The number of Topliss-reactive ketones (excluding diaryl/α,β-unsaturated/α-hetero) is 1. The van der Waals surface area contributed by atoms with Crippen molar-refractivity contribution in [2.45, 2.75) is 49.6 Å². The summed E-state index contributed by atoms with van der Waals surface area (Å²) < 4.78 is 1.77. The topological polar surface area (TPSA) is 72.3 Å². The van der Waals surface area contributed by atoms with Crippen LogP contribution in [0.3, 0.4) is 0 Å². The van der Waals surface area contributed by atoms with Crippen molar-refractivity contribution in [3.8, 4) is 0 Å². The fourth-order valence-corrected chi connectivity index (χ4v) is 5.25. The molecule has 1 aliphatic heterocycles. The molecule has 0 radical (unpaired) electrons. The number of benzene rings is 2. The monoisotopic (exact) mass is 433 g/mol. The van der Waals surface area contributed by atoms with Crippen molar-refractivity contribution in [2.75, 3.05) is 11.4 Å². The lowest BCUT2D eigenvalue weighted by Crippen LogP contribution is -2.25. The first kappa shape index (κ1) is 20.0. The maximum atomic E-state index is 13.2. The minimum atomic E-state index is -0.388. The summed E-state index contributed by atoms with van der Waals surface area (Å²) in [5.74, 6) is 0.0148. The number of ketones is 1. The van der Waals surface area contributed by atoms with E-state index in [0.29, 0.717) is 28.2 Å². The Balaban J connectivity index is 1.44. The van der Waals surface area contributed by atoms with Crippen LogP contribution in [0.1, 0.15) is 48.7 Å². The van der Waals surface area contributed by atoms with E-state index in [-0.39, 0.29) is 28.5 Å².